The van der Waals surface area contributed by atoms with Gasteiger partial charge in [0, 0.05) is 29.7 Å². The van der Waals surface area contributed by atoms with Gasteiger partial charge < -0.3 is 14.5 Å². The molecular formula is C20H21IN2O3. The van der Waals surface area contributed by atoms with E-state index in [0.717, 1.165) is 20.4 Å². The van der Waals surface area contributed by atoms with Crippen molar-refractivity contribution in [2.24, 2.45) is 0 Å². The maximum atomic E-state index is 12.7. The van der Waals surface area contributed by atoms with E-state index in [1.54, 1.807) is 7.11 Å². The Hall–Kier alpha value is -2.09. The predicted octanol–water partition coefficient (Wildman–Crippen LogP) is 2.83. The lowest BCUT2D eigenvalue weighted by Gasteiger charge is -2.35. The first-order valence-electron chi connectivity index (χ1n) is 8.53. The van der Waals surface area contributed by atoms with Gasteiger partial charge >= 0.3 is 0 Å². The lowest BCUT2D eigenvalue weighted by molar-refractivity contribution is -0.131. The number of ether oxygens (including phenoxy) is 1. The summed E-state index contributed by atoms with van der Waals surface area (Å²) in [5.74, 6) is 0.915. The molecule has 1 aliphatic rings. The van der Waals surface area contributed by atoms with Crippen LogP contribution in [0.1, 0.15) is 15.9 Å². The summed E-state index contributed by atoms with van der Waals surface area (Å²) in [6.07, 6.45) is 0.370. The lowest BCUT2D eigenvalue weighted by atomic mass is 10.1. The quantitative estimate of drug-likeness (QED) is 0.655. The van der Waals surface area contributed by atoms with E-state index in [1.165, 1.54) is 0 Å². The zero-order valence-electron chi connectivity index (χ0n) is 14.7. The third kappa shape index (κ3) is 4.35. The van der Waals surface area contributed by atoms with Gasteiger partial charge in [0.1, 0.15) is 5.75 Å². The fraction of sp³-hybridized carbons (Fsp3) is 0.300. The van der Waals surface area contributed by atoms with Gasteiger partial charge in [0.25, 0.3) is 5.91 Å². The fourth-order valence-corrected chi connectivity index (χ4v) is 3.61. The number of nitrogens with zero attached hydrogens (tertiary/aromatic N) is 2. The van der Waals surface area contributed by atoms with Crippen molar-refractivity contribution < 1.29 is 14.3 Å². The molecule has 0 saturated carbocycles. The average Bonchev–Trinajstić information content (AvgIpc) is 2.68. The van der Waals surface area contributed by atoms with Gasteiger partial charge in [-0.1, -0.05) is 24.3 Å². The molecule has 1 fully saturated rings. The molecule has 0 bridgehead atoms. The molecule has 1 saturated heterocycles. The van der Waals surface area contributed by atoms with Crippen LogP contribution in [0.25, 0.3) is 0 Å². The molecule has 136 valence electrons. The molecule has 3 rings (SSSR count). The number of amides is 2. The van der Waals surface area contributed by atoms with Crippen LogP contribution in [0.15, 0.2) is 48.5 Å². The first-order valence-corrected chi connectivity index (χ1v) is 9.61. The second kappa shape index (κ2) is 8.53. The highest BCUT2D eigenvalue weighted by molar-refractivity contribution is 14.1. The van der Waals surface area contributed by atoms with Crippen LogP contribution in [0.4, 0.5) is 0 Å². The van der Waals surface area contributed by atoms with E-state index in [9.17, 15) is 9.59 Å². The lowest BCUT2D eigenvalue weighted by Crippen LogP contribution is -2.51. The molecule has 1 aliphatic heterocycles. The highest BCUT2D eigenvalue weighted by Gasteiger charge is 2.25. The summed E-state index contributed by atoms with van der Waals surface area (Å²) < 4.78 is 6.09. The maximum absolute atomic E-state index is 12.7. The zero-order chi connectivity index (χ0) is 18.5. The second-order valence-corrected chi connectivity index (χ2v) is 7.34. The van der Waals surface area contributed by atoms with Crippen LogP contribution in [0.3, 0.4) is 0 Å². The summed E-state index contributed by atoms with van der Waals surface area (Å²) in [6.45, 7) is 2.28. The van der Waals surface area contributed by atoms with Gasteiger partial charge in [0.05, 0.1) is 19.1 Å². The molecule has 2 amide bonds. The van der Waals surface area contributed by atoms with Crippen molar-refractivity contribution in [1.82, 2.24) is 9.80 Å². The van der Waals surface area contributed by atoms with Crippen molar-refractivity contribution in [2.45, 2.75) is 6.42 Å². The summed E-state index contributed by atoms with van der Waals surface area (Å²) in [6, 6.07) is 15.1. The van der Waals surface area contributed by atoms with Gasteiger partial charge in [-0.15, -0.1) is 0 Å². The summed E-state index contributed by atoms with van der Waals surface area (Å²) in [7, 11) is 1.62. The van der Waals surface area contributed by atoms with Gasteiger partial charge in [0.15, 0.2) is 0 Å². The van der Waals surface area contributed by atoms with Gasteiger partial charge in [0.2, 0.25) is 5.91 Å². The molecule has 5 nitrogen and oxygen atoms in total. The molecule has 1 heterocycles. The Bertz CT molecular complexity index is 784. The van der Waals surface area contributed by atoms with E-state index >= 15 is 0 Å². The Morgan fingerprint density at radius 3 is 2.19 bits per heavy atom. The number of halogens is 1. The number of hydrogen-bond acceptors (Lipinski definition) is 3. The molecule has 0 aromatic heterocycles. The SMILES string of the molecule is COc1ccc(CC(=O)N2CCN(C(=O)c3ccccc3I)CC2)cc1. The monoisotopic (exact) mass is 464 g/mol. The van der Waals surface area contributed by atoms with Crippen LogP contribution in [0.5, 0.6) is 5.75 Å². The number of methoxy groups -OCH3 is 1. The largest absolute Gasteiger partial charge is 0.497 e. The minimum absolute atomic E-state index is 0.0391. The average molecular weight is 464 g/mol. The number of carbonyl (C=O) groups excluding carboxylic acids is 2. The number of hydrogen-bond donors (Lipinski definition) is 0. The van der Waals surface area contributed by atoms with Crippen molar-refractivity contribution in [3.05, 3.63) is 63.2 Å². The van der Waals surface area contributed by atoms with Crippen molar-refractivity contribution in [2.75, 3.05) is 33.3 Å². The Balaban J connectivity index is 1.55. The Kier molecular flexibility index (Phi) is 6.13. The predicted molar refractivity (Wildman–Crippen MR) is 108 cm³/mol. The smallest absolute Gasteiger partial charge is 0.255 e. The third-order valence-electron chi connectivity index (χ3n) is 4.54. The van der Waals surface area contributed by atoms with Crippen LogP contribution in [-0.2, 0) is 11.2 Å². The van der Waals surface area contributed by atoms with Gasteiger partial charge in [-0.25, -0.2) is 0 Å². The molecule has 6 heteroatoms. The number of rotatable bonds is 4. The van der Waals surface area contributed by atoms with Crippen molar-refractivity contribution in [1.29, 1.82) is 0 Å². The first-order chi connectivity index (χ1) is 12.6. The molecule has 2 aromatic rings. The molecule has 0 spiro atoms. The van der Waals surface area contributed by atoms with Crippen molar-refractivity contribution in [3.63, 3.8) is 0 Å². The normalized spacial score (nSPS) is 14.2. The number of piperazine rings is 1. The summed E-state index contributed by atoms with van der Waals surface area (Å²) in [5.41, 5.74) is 1.69. The highest BCUT2D eigenvalue weighted by Crippen LogP contribution is 2.16. The molecule has 0 radical (unpaired) electrons. The van der Waals surface area contributed by atoms with Crippen LogP contribution >= 0.6 is 22.6 Å². The minimum Gasteiger partial charge on any atom is -0.497 e. The molecule has 2 aromatic carbocycles. The molecule has 0 aliphatic carbocycles. The first kappa shape index (κ1) is 18.7. The van der Waals surface area contributed by atoms with E-state index in [-0.39, 0.29) is 11.8 Å². The maximum Gasteiger partial charge on any atom is 0.255 e. The zero-order valence-corrected chi connectivity index (χ0v) is 16.8. The molecule has 0 atom stereocenters. The topological polar surface area (TPSA) is 49.9 Å². The Morgan fingerprint density at radius 1 is 0.962 bits per heavy atom. The van der Waals surface area contributed by atoms with Gasteiger partial charge in [-0.3, -0.25) is 9.59 Å². The summed E-state index contributed by atoms with van der Waals surface area (Å²) >= 11 is 2.18. The standard InChI is InChI=1S/C20H21IN2O3/c1-26-16-8-6-15(7-9-16)14-19(24)22-10-12-23(13-11-22)20(25)17-4-2-3-5-18(17)21/h2-9H,10-14H2,1H3. The van der Waals surface area contributed by atoms with E-state index < -0.39 is 0 Å². The Labute approximate surface area is 167 Å². The van der Waals surface area contributed by atoms with E-state index in [1.807, 2.05) is 58.3 Å². The van der Waals surface area contributed by atoms with Gasteiger partial charge in [-0.05, 0) is 52.4 Å². The molecule has 0 N–H and O–H groups in total. The molecule has 0 unspecified atom stereocenters. The van der Waals surface area contributed by atoms with Crippen LogP contribution < -0.4 is 4.74 Å². The van der Waals surface area contributed by atoms with E-state index in [2.05, 4.69) is 22.6 Å². The number of benzene rings is 2. The van der Waals surface area contributed by atoms with Crippen molar-refractivity contribution >= 4 is 34.4 Å². The summed E-state index contributed by atoms with van der Waals surface area (Å²) in [5, 5.41) is 0. The molecule has 26 heavy (non-hydrogen) atoms. The van der Waals surface area contributed by atoms with Gasteiger partial charge in [-0.2, -0.15) is 0 Å². The van der Waals surface area contributed by atoms with E-state index in [4.69, 9.17) is 4.74 Å². The fourth-order valence-electron chi connectivity index (χ4n) is 2.99. The highest BCUT2D eigenvalue weighted by atomic mass is 127. The summed E-state index contributed by atoms with van der Waals surface area (Å²) in [4.78, 5) is 28.8. The van der Waals surface area contributed by atoms with E-state index in [0.29, 0.717) is 32.6 Å². The van der Waals surface area contributed by atoms with Crippen LogP contribution in [-0.4, -0.2) is 54.9 Å². The molecular weight excluding hydrogens is 443 g/mol. The number of carbonyl (C=O) groups is 2. The second-order valence-electron chi connectivity index (χ2n) is 6.18. The third-order valence-corrected chi connectivity index (χ3v) is 5.48. The van der Waals surface area contributed by atoms with Crippen LogP contribution in [0, 0.1) is 3.57 Å². The van der Waals surface area contributed by atoms with Crippen LogP contribution in [0.2, 0.25) is 0 Å². The Morgan fingerprint density at radius 2 is 1.58 bits per heavy atom. The van der Waals surface area contributed by atoms with Crippen molar-refractivity contribution in [3.8, 4) is 5.75 Å². The minimum atomic E-state index is 0.0391.